The maximum atomic E-state index is 3.39. The monoisotopic (exact) mass is 172 g/mol. The largest absolute Gasteiger partial charge is 0.315 e. The van der Waals surface area contributed by atoms with E-state index < -0.39 is 0 Å². The van der Waals surface area contributed by atoms with Gasteiger partial charge in [0, 0.05) is 12.6 Å². The maximum Gasteiger partial charge on any atom is 0.0262 e. The zero-order valence-electron chi connectivity index (χ0n) is 9.44. The first-order chi connectivity index (χ1) is 5.39. The van der Waals surface area contributed by atoms with Crippen LogP contribution in [0.5, 0.6) is 0 Å². The molecule has 0 aliphatic rings. The van der Waals surface area contributed by atoms with Gasteiger partial charge in [-0.1, -0.05) is 27.7 Å². The van der Waals surface area contributed by atoms with Crippen LogP contribution in [0.4, 0.5) is 0 Å². The molecule has 0 aromatic rings. The van der Waals surface area contributed by atoms with Crippen molar-refractivity contribution in [1.82, 2.24) is 10.2 Å². The highest BCUT2D eigenvalue weighted by Crippen LogP contribution is 2.21. The number of likely N-dealkylation sites (N-methyl/N-ethyl adjacent to an activating group) is 2. The summed E-state index contributed by atoms with van der Waals surface area (Å²) >= 11 is 0. The van der Waals surface area contributed by atoms with Crippen LogP contribution in [0, 0.1) is 5.41 Å². The molecule has 74 valence electrons. The zero-order chi connectivity index (χ0) is 9.78. The first kappa shape index (κ1) is 11.9. The summed E-state index contributed by atoms with van der Waals surface area (Å²) in [6.45, 7) is 11.1. The molecule has 1 N–H and O–H groups in total. The molecule has 0 radical (unpaired) electrons. The van der Waals surface area contributed by atoms with Crippen LogP contribution in [0.1, 0.15) is 27.7 Å². The van der Waals surface area contributed by atoms with Crippen LogP contribution < -0.4 is 5.32 Å². The average molecular weight is 172 g/mol. The highest BCUT2D eigenvalue weighted by Gasteiger charge is 2.25. The first-order valence-corrected chi connectivity index (χ1v) is 4.76. The molecule has 2 heteroatoms. The first-order valence-electron chi connectivity index (χ1n) is 4.76. The van der Waals surface area contributed by atoms with Crippen molar-refractivity contribution in [3.8, 4) is 0 Å². The van der Waals surface area contributed by atoms with Crippen molar-refractivity contribution >= 4 is 0 Å². The van der Waals surface area contributed by atoms with Crippen LogP contribution in [0.3, 0.4) is 0 Å². The van der Waals surface area contributed by atoms with Crippen LogP contribution in [0.2, 0.25) is 0 Å². The third kappa shape index (κ3) is 4.07. The number of hydrogen-bond acceptors (Lipinski definition) is 2. The molecule has 0 aliphatic carbocycles. The Morgan fingerprint density at radius 3 is 2.00 bits per heavy atom. The molecule has 0 aromatic carbocycles. The summed E-state index contributed by atoms with van der Waals surface area (Å²) in [5.74, 6) is 0. The number of nitrogens with zero attached hydrogens (tertiary/aromatic N) is 1. The van der Waals surface area contributed by atoms with Crippen molar-refractivity contribution in [1.29, 1.82) is 0 Å². The van der Waals surface area contributed by atoms with Crippen LogP contribution in [0.25, 0.3) is 0 Å². The van der Waals surface area contributed by atoms with Gasteiger partial charge in [-0.05, 0) is 26.1 Å². The molecule has 0 rings (SSSR count). The lowest BCUT2D eigenvalue weighted by Gasteiger charge is -2.36. The van der Waals surface area contributed by atoms with E-state index in [-0.39, 0.29) is 0 Å². The predicted molar refractivity (Wildman–Crippen MR) is 55.5 cm³/mol. The zero-order valence-corrected chi connectivity index (χ0v) is 9.44. The molecular weight excluding hydrogens is 148 g/mol. The summed E-state index contributed by atoms with van der Waals surface area (Å²) in [6.07, 6.45) is 0. The van der Waals surface area contributed by atoms with Crippen molar-refractivity contribution in [2.45, 2.75) is 33.7 Å². The highest BCUT2D eigenvalue weighted by atomic mass is 15.1. The number of nitrogens with one attached hydrogen (secondary N) is 1. The average Bonchev–Trinajstić information content (AvgIpc) is 1.84. The minimum atomic E-state index is 0.353. The van der Waals surface area contributed by atoms with Crippen LogP contribution in [0.15, 0.2) is 0 Å². The Morgan fingerprint density at radius 2 is 1.75 bits per heavy atom. The van der Waals surface area contributed by atoms with Crippen molar-refractivity contribution < 1.29 is 0 Å². The highest BCUT2D eigenvalue weighted by molar-refractivity contribution is 4.81. The molecule has 0 aliphatic heterocycles. The molecule has 1 unspecified atom stereocenters. The molecule has 1 atom stereocenters. The molecule has 0 saturated heterocycles. The fourth-order valence-electron chi connectivity index (χ4n) is 1.54. The van der Waals surface area contributed by atoms with Gasteiger partial charge >= 0.3 is 0 Å². The van der Waals surface area contributed by atoms with E-state index >= 15 is 0 Å². The van der Waals surface area contributed by atoms with E-state index in [4.69, 9.17) is 0 Å². The summed E-state index contributed by atoms with van der Waals surface area (Å²) in [5.41, 5.74) is 0.353. The Morgan fingerprint density at radius 1 is 1.25 bits per heavy atom. The van der Waals surface area contributed by atoms with E-state index in [1.54, 1.807) is 0 Å². The fourth-order valence-corrected chi connectivity index (χ4v) is 1.54. The van der Waals surface area contributed by atoms with Crippen molar-refractivity contribution in [2.24, 2.45) is 5.41 Å². The molecule has 0 fully saturated rings. The van der Waals surface area contributed by atoms with Crippen LogP contribution >= 0.6 is 0 Å². The molecule has 2 nitrogen and oxygen atoms in total. The smallest absolute Gasteiger partial charge is 0.0262 e. The Hall–Kier alpha value is -0.0800. The summed E-state index contributed by atoms with van der Waals surface area (Å²) in [5, 5.41) is 3.39. The van der Waals surface area contributed by atoms with Crippen LogP contribution in [-0.4, -0.2) is 38.1 Å². The summed E-state index contributed by atoms with van der Waals surface area (Å²) in [6, 6.07) is 0.609. The van der Waals surface area contributed by atoms with Gasteiger partial charge in [0.25, 0.3) is 0 Å². The van der Waals surface area contributed by atoms with E-state index in [1.165, 1.54) is 0 Å². The quantitative estimate of drug-likeness (QED) is 0.692. The Kier molecular flexibility index (Phi) is 4.80. The Bertz CT molecular complexity index is 113. The minimum absolute atomic E-state index is 0.353. The third-order valence-electron chi connectivity index (χ3n) is 2.21. The molecule has 0 aromatic heterocycles. The fraction of sp³-hybridized carbons (Fsp3) is 1.00. The lowest BCUT2D eigenvalue weighted by molar-refractivity contribution is 0.150. The van der Waals surface area contributed by atoms with Gasteiger partial charge in [0.2, 0.25) is 0 Å². The van der Waals surface area contributed by atoms with Crippen molar-refractivity contribution in [3.05, 3.63) is 0 Å². The maximum absolute atomic E-state index is 3.39. The standard InChI is InChI=1S/C10H24N2/c1-7-11-8-9(12(5)6)10(2,3)4/h9,11H,7-8H2,1-6H3. The lowest BCUT2D eigenvalue weighted by Crippen LogP contribution is -2.46. The second-order valence-electron chi connectivity index (χ2n) is 4.65. The topological polar surface area (TPSA) is 15.3 Å². The SMILES string of the molecule is CCNCC(N(C)C)C(C)(C)C. The van der Waals surface area contributed by atoms with E-state index in [9.17, 15) is 0 Å². The van der Waals surface area contributed by atoms with E-state index in [0.717, 1.165) is 13.1 Å². The summed E-state index contributed by atoms with van der Waals surface area (Å²) in [7, 11) is 4.29. The van der Waals surface area contributed by atoms with E-state index in [2.05, 4.69) is 52.0 Å². The minimum Gasteiger partial charge on any atom is -0.315 e. The van der Waals surface area contributed by atoms with Gasteiger partial charge in [-0.25, -0.2) is 0 Å². The second kappa shape index (κ2) is 4.83. The van der Waals surface area contributed by atoms with Gasteiger partial charge in [-0.15, -0.1) is 0 Å². The van der Waals surface area contributed by atoms with E-state index in [1.807, 2.05) is 0 Å². The van der Waals surface area contributed by atoms with Gasteiger partial charge in [0.05, 0.1) is 0 Å². The van der Waals surface area contributed by atoms with Crippen molar-refractivity contribution in [2.75, 3.05) is 27.2 Å². The van der Waals surface area contributed by atoms with Crippen molar-refractivity contribution in [3.63, 3.8) is 0 Å². The molecule has 0 bridgehead atoms. The Labute approximate surface area is 77.3 Å². The van der Waals surface area contributed by atoms with Crippen LogP contribution in [-0.2, 0) is 0 Å². The number of rotatable bonds is 4. The number of hydrogen-bond donors (Lipinski definition) is 1. The van der Waals surface area contributed by atoms with Gasteiger partial charge in [0.15, 0.2) is 0 Å². The normalized spacial score (nSPS) is 15.2. The molecule has 12 heavy (non-hydrogen) atoms. The Balaban J connectivity index is 4.05. The summed E-state index contributed by atoms with van der Waals surface area (Å²) in [4.78, 5) is 2.29. The molecule has 0 amide bonds. The summed E-state index contributed by atoms with van der Waals surface area (Å²) < 4.78 is 0. The van der Waals surface area contributed by atoms with Gasteiger partial charge < -0.3 is 10.2 Å². The van der Waals surface area contributed by atoms with E-state index in [0.29, 0.717) is 11.5 Å². The second-order valence-corrected chi connectivity index (χ2v) is 4.65. The molecule has 0 heterocycles. The lowest BCUT2D eigenvalue weighted by atomic mass is 9.86. The van der Waals surface area contributed by atoms with Gasteiger partial charge in [-0.3, -0.25) is 0 Å². The molecule has 0 saturated carbocycles. The van der Waals surface area contributed by atoms with Gasteiger partial charge in [0.1, 0.15) is 0 Å². The third-order valence-corrected chi connectivity index (χ3v) is 2.21. The molecular formula is C10H24N2. The molecule has 0 spiro atoms. The predicted octanol–water partition coefficient (Wildman–Crippen LogP) is 1.57. The van der Waals surface area contributed by atoms with Gasteiger partial charge in [-0.2, -0.15) is 0 Å².